The maximum Gasteiger partial charge on any atom is 0.338 e. The predicted octanol–water partition coefficient (Wildman–Crippen LogP) is 4.26. The average Bonchev–Trinajstić information content (AvgIpc) is 3.23. The summed E-state index contributed by atoms with van der Waals surface area (Å²) in [4.78, 5) is 37.0. The number of hydrogen-bond acceptors (Lipinski definition) is 5. The fourth-order valence-corrected chi connectivity index (χ4v) is 3.85. The molecule has 1 aliphatic rings. The number of ether oxygens (including phenoxy) is 1. The van der Waals surface area contributed by atoms with Crippen molar-refractivity contribution in [2.24, 2.45) is 0 Å². The van der Waals surface area contributed by atoms with Crippen LogP contribution in [0.4, 0.5) is 5.69 Å². The van der Waals surface area contributed by atoms with Crippen LogP contribution in [0.1, 0.15) is 52.1 Å². The second-order valence-electron chi connectivity index (χ2n) is 6.60. The molecule has 1 aliphatic carbocycles. The summed E-state index contributed by atoms with van der Waals surface area (Å²) >= 11 is 7.42. The summed E-state index contributed by atoms with van der Waals surface area (Å²) < 4.78 is 5.10. The Balaban J connectivity index is 1.56. The molecule has 6 nitrogen and oxygen atoms in total. The van der Waals surface area contributed by atoms with Crippen LogP contribution < -0.4 is 10.6 Å². The highest BCUT2D eigenvalue weighted by Gasteiger charge is 2.18. The first-order valence-electron chi connectivity index (χ1n) is 9.14. The van der Waals surface area contributed by atoms with Gasteiger partial charge >= 0.3 is 5.97 Å². The Morgan fingerprint density at radius 1 is 1.14 bits per heavy atom. The lowest BCUT2D eigenvalue weighted by atomic mass is 9.95. The van der Waals surface area contributed by atoms with Gasteiger partial charge < -0.3 is 15.4 Å². The van der Waals surface area contributed by atoms with E-state index in [0.29, 0.717) is 15.6 Å². The van der Waals surface area contributed by atoms with Gasteiger partial charge in [0.1, 0.15) is 0 Å². The first-order chi connectivity index (χ1) is 13.5. The third-order valence-electron chi connectivity index (χ3n) is 4.50. The molecule has 1 aromatic heterocycles. The zero-order valence-electron chi connectivity index (χ0n) is 15.2. The maximum atomic E-state index is 12.3. The highest BCUT2D eigenvalue weighted by Crippen LogP contribution is 2.25. The molecule has 0 saturated heterocycles. The predicted molar refractivity (Wildman–Crippen MR) is 109 cm³/mol. The van der Waals surface area contributed by atoms with E-state index in [2.05, 4.69) is 10.6 Å². The number of carbonyl (C=O) groups is 3. The molecule has 0 bridgehead atoms. The van der Waals surface area contributed by atoms with Crippen molar-refractivity contribution in [3.63, 3.8) is 0 Å². The van der Waals surface area contributed by atoms with Crippen LogP contribution in [0, 0.1) is 0 Å². The quantitative estimate of drug-likeness (QED) is 0.684. The average molecular weight is 421 g/mol. The van der Waals surface area contributed by atoms with Gasteiger partial charge in [-0.25, -0.2) is 4.79 Å². The van der Waals surface area contributed by atoms with Gasteiger partial charge in [-0.15, -0.1) is 11.3 Å². The number of hydrogen-bond donors (Lipinski definition) is 2. The zero-order chi connectivity index (χ0) is 19.9. The number of anilines is 1. The topological polar surface area (TPSA) is 84.5 Å². The summed E-state index contributed by atoms with van der Waals surface area (Å²) in [6, 6.07) is 8.06. The lowest BCUT2D eigenvalue weighted by Gasteiger charge is -2.22. The fraction of sp³-hybridized carbons (Fsp3) is 0.350. The van der Waals surface area contributed by atoms with Crippen LogP contribution in [0.5, 0.6) is 0 Å². The van der Waals surface area contributed by atoms with Crippen molar-refractivity contribution in [1.29, 1.82) is 0 Å². The van der Waals surface area contributed by atoms with Crippen LogP contribution in [0.15, 0.2) is 35.7 Å². The molecule has 1 heterocycles. The van der Waals surface area contributed by atoms with Gasteiger partial charge in [0, 0.05) is 6.04 Å². The molecule has 0 radical (unpaired) electrons. The van der Waals surface area contributed by atoms with E-state index in [0.717, 1.165) is 25.7 Å². The molecule has 2 amide bonds. The Bertz CT molecular complexity index is 848. The van der Waals surface area contributed by atoms with E-state index in [1.54, 1.807) is 17.5 Å². The summed E-state index contributed by atoms with van der Waals surface area (Å²) in [5.41, 5.74) is 0.512. The fourth-order valence-electron chi connectivity index (χ4n) is 3.07. The van der Waals surface area contributed by atoms with Crippen molar-refractivity contribution in [2.45, 2.75) is 38.1 Å². The second kappa shape index (κ2) is 9.71. The van der Waals surface area contributed by atoms with Crippen LogP contribution in [0.25, 0.3) is 0 Å². The Morgan fingerprint density at radius 3 is 2.64 bits per heavy atom. The molecule has 0 atom stereocenters. The normalized spacial score (nSPS) is 14.3. The van der Waals surface area contributed by atoms with Crippen LogP contribution in [0.3, 0.4) is 0 Å². The minimum Gasteiger partial charge on any atom is -0.452 e. The second-order valence-corrected chi connectivity index (χ2v) is 7.96. The van der Waals surface area contributed by atoms with E-state index >= 15 is 0 Å². The monoisotopic (exact) mass is 420 g/mol. The van der Waals surface area contributed by atoms with E-state index in [9.17, 15) is 14.4 Å². The summed E-state index contributed by atoms with van der Waals surface area (Å²) in [6.07, 6.45) is 5.34. The largest absolute Gasteiger partial charge is 0.452 e. The molecule has 1 aromatic carbocycles. The smallest absolute Gasteiger partial charge is 0.338 e. The Kier molecular flexibility index (Phi) is 7.06. The van der Waals surface area contributed by atoms with Crippen molar-refractivity contribution in [3.8, 4) is 0 Å². The molecule has 2 aromatic rings. The lowest BCUT2D eigenvalue weighted by molar-refractivity contribution is -0.125. The molecule has 2 N–H and O–H groups in total. The summed E-state index contributed by atoms with van der Waals surface area (Å²) in [6.45, 7) is -0.338. The highest BCUT2D eigenvalue weighted by molar-refractivity contribution is 7.12. The standard InChI is InChI=1S/C20H21ClN2O4S/c21-15-9-8-13(11-16(15)23-19(25)17-7-4-10-28-17)20(26)27-12-18(24)22-14-5-2-1-3-6-14/h4,7-11,14H,1-3,5-6,12H2,(H,22,24)(H,23,25). The molecule has 0 aliphatic heterocycles. The van der Waals surface area contributed by atoms with Crippen molar-refractivity contribution >= 4 is 46.4 Å². The SMILES string of the molecule is O=C(COC(=O)c1ccc(Cl)c(NC(=O)c2cccs2)c1)NC1CCCCC1. The van der Waals surface area contributed by atoms with Crippen LogP contribution >= 0.6 is 22.9 Å². The maximum absolute atomic E-state index is 12.3. The van der Waals surface area contributed by atoms with E-state index in [4.69, 9.17) is 16.3 Å². The number of nitrogens with one attached hydrogen (secondary N) is 2. The zero-order valence-corrected chi connectivity index (χ0v) is 16.8. The lowest BCUT2D eigenvalue weighted by Crippen LogP contribution is -2.38. The highest BCUT2D eigenvalue weighted by atomic mass is 35.5. The van der Waals surface area contributed by atoms with E-state index in [1.165, 1.54) is 36.0 Å². The van der Waals surface area contributed by atoms with Gasteiger partial charge in [0.2, 0.25) is 0 Å². The molecule has 0 spiro atoms. The van der Waals surface area contributed by atoms with Crippen LogP contribution in [-0.4, -0.2) is 30.4 Å². The Hall–Kier alpha value is -2.38. The molecule has 1 fully saturated rings. The third-order valence-corrected chi connectivity index (χ3v) is 5.70. The van der Waals surface area contributed by atoms with Gasteiger partial charge in [-0.3, -0.25) is 9.59 Å². The van der Waals surface area contributed by atoms with Crippen molar-refractivity contribution in [1.82, 2.24) is 5.32 Å². The number of rotatable bonds is 6. The summed E-state index contributed by atoms with van der Waals surface area (Å²) in [5, 5.41) is 7.67. The van der Waals surface area contributed by atoms with E-state index in [-0.39, 0.29) is 30.0 Å². The Morgan fingerprint density at radius 2 is 1.93 bits per heavy atom. The summed E-state index contributed by atoms with van der Waals surface area (Å²) in [7, 11) is 0. The van der Waals surface area contributed by atoms with Crippen LogP contribution in [0.2, 0.25) is 5.02 Å². The van der Waals surface area contributed by atoms with Crippen molar-refractivity contribution < 1.29 is 19.1 Å². The van der Waals surface area contributed by atoms with Crippen LogP contribution in [-0.2, 0) is 9.53 Å². The van der Waals surface area contributed by atoms with Gasteiger partial charge in [-0.05, 0) is 42.5 Å². The number of esters is 1. The molecule has 28 heavy (non-hydrogen) atoms. The first-order valence-corrected chi connectivity index (χ1v) is 10.4. The van der Waals surface area contributed by atoms with Gasteiger partial charge in [-0.2, -0.15) is 0 Å². The van der Waals surface area contributed by atoms with Crippen molar-refractivity contribution in [3.05, 3.63) is 51.2 Å². The van der Waals surface area contributed by atoms with Crippen molar-refractivity contribution in [2.75, 3.05) is 11.9 Å². The van der Waals surface area contributed by atoms with Gasteiger partial charge in [0.05, 0.1) is 21.2 Å². The molecule has 0 unspecified atom stereocenters. The third kappa shape index (κ3) is 5.56. The minimum atomic E-state index is -0.651. The van der Waals surface area contributed by atoms with E-state index < -0.39 is 5.97 Å². The number of thiophene rings is 1. The minimum absolute atomic E-state index is 0.162. The molecule has 1 saturated carbocycles. The van der Waals surface area contributed by atoms with Gasteiger partial charge in [0.15, 0.2) is 6.61 Å². The molecular formula is C20H21ClN2O4S. The number of carbonyl (C=O) groups excluding carboxylic acids is 3. The number of halogens is 1. The number of benzene rings is 1. The first kappa shape index (κ1) is 20.4. The Labute approximate surface area is 172 Å². The van der Waals surface area contributed by atoms with Gasteiger partial charge in [0.25, 0.3) is 11.8 Å². The molecule has 8 heteroatoms. The van der Waals surface area contributed by atoms with E-state index in [1.807, 2.05) is 0 Å². The molecule has 3 rings (SSSR count). The summed E-state index contributed by atoms with van der Waals surface area (Å²) in [5.74, 6) is -1.27. The molecule has 148 valence electrons. The number of amides is 2. The van der Waals surface area contributed by atoms with Gasteiger partial charge in [-0.1, -0.05) is 36.9 Å². The molecular weight excluding hydrogens is 400 g/mol.